The number of anilines is 1. The zero-order chi connectivity index (χ0) is 25.4. The van der Waals surface area contributed by atoms with Crippen LogP contribution in [0.15, 0.2) is 29.6 Å². The van der Waals surface area contributed by atoms with E-state index < -0.39 is 28.0 Å². The molecule has 0 aliphatic carbocycles. The Labute approximate surface area is 201 Å². The average Bonchev–Trinajstić information content (AvgIpc) is 3.00. The summed E-state index contributed by atoms with van der Waals surface area (Å²) in [5, 5.41) is 18.8. The van der Waals surface area contributed by atoms with E-state index in [-0.39, 0.29) is 41.0 Å². The van der Waals surface area contributed by atoms with Gasteiger partial charge in [0.2, 0.25) is 0 Å². The van der Waals surface area contributed by atoms with Crippen LogP contribution in [0.5, 0.6) is 0 Å². The van der Waals surface area contributed by atoms with Crippen molar-refractivity contribution in [1.29, 1.82) is 0 Å². The number of fused-ring (bicyclic) bond motifs is 1. The van der Waals surface area contributed by atoms with Gasteiger partial charge in [-0.2, -0.15) is 5.43 Å². The van der Waals surface area contributed by atoms with E-state index in [1.807, 2.05) is 26.8 Å². The van der Waals surface area contributed by atoms with Crippen molar-refractivity contribution in [1.82, 2.24) is 10.5 Å². The number of benzene rings is 1. The third-order valence-corrected chi connectivity index (χ3v) is 8.49. The van der Waals surface area contributed by atoms with Gasteiger partial charge in [-0.3, -0.25) is 19.2 Å². The molecule has 0 spiro atoms. The van der Waals surface area contributed by atoms with Gasteiger partial charge in [0.25, 0.3) is 0 Å². The first-order chi connectivity index (χ1) is 15.6. The van der Waals surface area contributed by atoms with Crippen molar-refractivity contribution < 1.29 is 27.4 Å². The molecule has 1 saturated heterocycles. The van der Waals surface area contributed by atoms with Gasteiger partial charge < -0.3 is 15.4 Å². The fourth-order valence-electron chi connectivity index (χ4n) is 3.94. The van der Waals surface area contributed by atoms with E-state index in [9.17, 15) is 27.9 Å². The first-order valence-corrected chi connectivity index (χ1v) is 15.1. The summed E-state index contributed by atoms with van der Waals surface area (Å²) in [5.74, 6) is -0.328. The van der Waals surface area contributed by atoms with Gasteiger partial charge in [-0.25, -0.2) is 8.42 Å². The SMILES string of the molecule is CC(C)(C)CC[N+]1([O-])CC(=C2Nc3ccc(CCCCCS(C)(=O)=O)cc3P(=O)(O)N2)C(=O)N1. The molecule has 0 radical (unpaired) electrons. The Kier molecular flexibility index (Phi) is 7.55. The Morgan fingerprint density at radius 3 is 2.56 bits per heavy atom. The molecule has 2 atom stereocenters. The molecule has 1 amide bonds. The summed E-state index contributed by atoms with van der Waals surface area (Å²) in [4.78, 5) is 23.2. The number of sulfone groups is 1. The first-order valence-electron chi connectivity index (χ1n) is 11.4. The molecule has 1 aromatic carbocycles. The van der Waals surface area contributed by atoms with Crippen LogP contribution < -0.4 is 21.1 Å². The maximum absolute atomic E-state index is 13.1. The zero-order valence-electron chi connectivity index (χ0n) is 20.2. The number of hydroxylamine groups is 2. The van der Waals surface area contributed by atoms with E-state index in [0.717, 1.165) is 18.4 Å². The molecule has 4 N–H and O–H groups in total. The summed E-state index contributed by atoms with van der Waals surface area (Å²) >= 11 is 0. The third-order valence-electron chi connectivity index (χ3n) is 5.91. The lowest BCUT2D eigenvalue weighted by Crippen LogP contribution is -2.50. The van der Waals surface area contributed by atoms with E-state index in [2.05, 4.69) is 15.8 Å². The molecule has 0 aromatic heterocycles. The highest BCUT2D eigenvalue weighted by Gasteiger charge is 2.41. The average molecular weight is 515 g/mol. The highest BCUT2D eigenvalue weighted by molar-refractivity contribution is 7.90. The van der Waals surface area contributed by atoms with Crippen molar-refractivity contribution in [2.45, 2.75) is 52.9 Å². The number of unbranched alkanes of at least 4 members (excludes halogenated alkanes) is 2. The quantitative estimate of drug-likeness (QED) is 0.136. The van der Waals surface area contributed by atoms with Gasteiger partial charge in [0.1, 0.15) is 34.3 Å². The van der Waals surface area contributed by atoms with Gasteiger partial charge in [-0.15, -0.1) is 0 Å². The van der Waals surface area contributed by atoms with Crippen molar-refractivity contribution in [2.75, 3.05) is 30.4 Å². The lowest BCUT2D eigenvalue weighted by molar-refractivity contribution is -0.904. The Morgan fingerprint density at radius 2 is 1.91 bits per heavy atom. The van der Waals surface area contributed by atoms with Crippen LogP contribution in [0, 0.1) is 10.6 Å². The number of carbonyl (C=O) groups excluding carboxylic acids is 1. The number of amides is 1. The molecular weight excluding hydrogens is 479 g/mol. The molecule has 12 heteroatoms. The van der Waals surface area contributed by atoms with E-state index in [4.69, 9.17) is 0 Å². The summed E-state index contributed by atoms with van der Waals surface area (Å²) in [6, 6.07) is 5.18. The van der Waals surface area contributed by atoms with Gasteiger partial charge in [-0.05, 0) is 42.4 Å². The maximum atomic E-state index is 13.1. The molecule has 190 valence electrons. The molecule has 2 heterocycles. The minimum absolute atomic E-state index is 0.0667. The second-order valence-corrected chi connectivity index (χ2v) is 14.6. The molecule has 10 nitrogen and oxygen atoms in total. The number of carbonyl (C=O) groups is 1. The summed E-state index contributed by atoms with van der Waals surface area (Å²) in [6.07, 6.45) is 4.57. The Bertz CT molecular complexity index is 1140. The maximum Gasteiger partial charge on any atom is 0.324 e. The number of aryl methyl sites for hydroxylation is 1. The lowest BCUT2D eigenvalue weighted by Gasteiger charge is -2.37. The van der Waals surface area contributed by atoms with Crippen molar-refractivity contribution in [3.8, 4) is 0 Å². The minimum Gasteiger partial charge on any atom is -0.606 e. The van der Waals surface area contributed by atoms with Crippen LogP contribution in [0.2, 0.25) is 0 Å². The number of nitrogens with one attached hydrogen (secondary N) is 3. The molecule has 2 aliphatic heterocycles. The number of hydrogen-bond acceptors (Lipinski definition) is 6. The van der Waals surface area contributed by atoms with Crippen molar-refractivity contribution in [3.05, 3.63) is 40.4 Å². The molecule has 2 unspecified atom stereocenters. The minimum atomic E-state index is -4.03. The Morgan fingerprint density at radius 1 is 1.21 bits per heavy atom. The van der Waals surface area contributed by atoms with Crippen molar-refractivity contribution >= 4 is 34.3 Å². The standard InChI is InChI=1S/C22H35N4O6PS/c1-22(2,3)11-12-26(28)15-17(21(27)24-26)20-23-18-10-9-16(14-19(18)33(29,30)25-20)8-6-5-7-13-34(4,31)32/h9-10,14,23H,5-8,11-13,15H2,1-4H3,(H,24,27)(H2,25,29,30). The van der Waals surface area contributed by atoms with Crippen molar-refractivity contribution in [3.63, 3.8) is 0 Å². The van der Waals surface area contributed by atoms with Gasteiger partial charge in [0, 0.05) is 18.4 Å². The first kappa shape index (κ1) is 26.7. The predicted molar refractivity (Wildman–Crippen MR) is 133 cm³/mol. The molecule has 0 bridgehead atoms. The monoisotopic (exact) mass is 514 g/mol. The molecule has 0 saturated carbocycles. The van der Waals surface area contributed by atoms with Crippen molar-refractivity contribution in [2.24, 2.45) is 5.41 Å². The van der Waals surface area contributed by atoms with Crippen LogP contribution >= 0.6 is 7.52 Å². The molecule has 1 aromatic rings. The van der Waals surface area contributed by atoms with E-state index in [1.165, 1.54) is 6.26 Å². The topological polar surface area (TPSA) is 148 Å². The van der Waals surface area contributed by atoms with Crippen LogP contribution in [0.1, 0.15) is 52.0 Å². The summed E-state index contributed by atoms with van der Waals surface area (Å²) in [6.45, 7) is 6.11. The summed E-state index contributed by atoms with van der Waals surface area (Å²) in [7, 11) is -7.00. The number of hydrogen-bond donors (Lipinski definition) is 4. The molecule has 34 heavy (non-hydrogen) atoms. The fourth-order valence-corrected chi connectivity index (χ4v) is 6.08. The Balaban J connectivity index is 1.72. The normalized spacial score (nSPS) is 27.1. The second-order valence-electron chi connectivity index (χ2n) is 10.5. The zero-order valence-corrected chi connectivity index (χ0v) is 21.9. The second kappa shape index (κ2) is 9.62. The van der Waals surface area contributed by atoms with Crippen LogP contribution in [0.4, 0.5) is 5.69 Å². The van der Waals surface area contributed by atoms with Gasteiger partial charge in [0.05, 0.1) is 11.0 Å². The van der Waals surface area contributed by atoms with Gasteiger partial charge in [-0.1, -0.05) is 33.3 Å². The fraction of sp³-hybridized carbons (Fsp3) is 0.591. The number of quaternary nitrogens is 1. The van der Waals surface area contributed by atoms with Crippen LogP contribution in [0.3, 0.4) is 0 Å². The third kappa shape index (κ3) is 7.05. The molecular formula is C22H35N4O6PS. The van der Waals surface area contributed by atoms with Crippen LogP contribution in [-0.4, -0.2) is 49.1 Å². The highest BCUT2D eigenvalue weighted by Crippen LogP contribution is 2.43. The van der Waals surface area contributed by atoms with Gasteiger partial charge in [0.15, 0.2) is 0 Å². The van der Waals surface area contributed by atoms with E-state index in [0.29, 0.717) is 24.9 Å². The number of rotatable bonds is 8. The van der Waals surface area contributed by atoms with E-state index >= 15 is 0 Å². The molecule has 1 fully saturated rings. The summed E-state index contributed by atoms with van der Waals surface area (Å²) in [5.41, 5.74) is 3.78. The number of nitrogens with zero attached hydrogens (tertiary/aromatic N) is 1. The van der Waals surface area contributed by atoms with Crippen LogP contribution in [0.25, 0.3) is 0 Å². The largest absolute Gasteiger partial charge is 0.606 e. The summed E-state index contributed by atoms with van der Waals surface area (Å²) < 4.78 is 34.6. The predicted octanol–water partition coefficient (Wildman–Crippen LogP) is 2.28. The van der Waals surface area contributed by atoms with E-state index in [1.54, 1.807) is 12.1 Å². The van der Waals surface area contributed by atoms with Gasteiger partial charge >= 0.3 is 13.4 Å². The molecule has 3 rings (SSSR count). The van der Waals surface area contributed by atoms with Crippen LogP contribution in [-0.2, 0) is 25.6 Å². The highest BCUT2D eigenvalue weighted by atomic mass is 32.2. The molecule has 2 aliphatic rings. The smallest absolute Gasteiger partial charge is 0.324 e. The lowest BCUT2D eigenvalue weighted by atomic mass is 9.92. The Hall–Kier alpha value is -1.91.